The molecule has 164 valence electrons. The van der Waals surface area contributed by atoms with E-state index in [0.29, 0.717) is 28.1 Å². The summed E-state index contributed by atoms with van der Waals surface area (Å²) in [5.41, 5.74) is 2.80. The minimum Gasteiger partial charge on any atom is -0.365 e. The second kappa shape index (κ2) is 8.44. The summed E-state index contributed by atoms with van der Waals surface area (Å²) in [4.78, 5) is 23.0. The molecule has 2 aromatic carbocycles. The summed E-state index contributed by atoms with van der Waals surface area (Å²) in [5.74, 6) is 0.771. The van der Waals surface area contributed by atoms with E-state index in [1.165, 1.54) is 0 Å². The molecule has 0 saturated carbocycles. The highest BCUT2D eigenvalue weighted by Gasteiger charge is 2.47. The first-order valence-electron chi connectivity index (χ1n) is 10.4. The lowest BCUT2D eigenvalue weighted by molar-refractivity contribution is -0.119. The van der Waals surface area contributed by atoms with E-state index in [2.05, 4.69) is 21.3 Å². The van der Waals surface area contributed by atoms with Crippen molar-refractivity contribution in [2.24, 2.45) is 0 Å². The predicted octanol–water partition coefficient (Wildman–Crippen LogP) is 4.08. The molecule has 2 aliphatic rings. The Morgan fingerprint density at radius 3 is 2.39 bits per heavy atom. The number of anilines is 1. The number of carbonyl (C=O) groups is 1. The van der Waals surface area contributed by atoms with Crippen LogP contribution < -0.4 is 21.3 Å². The van der Waals surface area contributed by atoms with Gasteiger partial charge in [0.15, 0.2) is 5.82 Å². The number of halogens is 1. The number of aromatic nitrogens is 2. The average molecular weight is 457 g/mol. The standard InChI is InChI=1S/C25H21ClN6O/c1-25(17-7-9-18(26)10-8-17)20-21(16-5-3-2-4-6-16)30-22(31-23(20)32-24(25)33)19-15-28-12-11-27-13-14-29-19/h2-15,27-29H,1H3,(H,30,31,32,33). The van der Waals surface area contributed by atoms with Crippen molar-refractivity contribution in [2.45, 2.75) is 12.3 Å². The van der Waals surface area contributed by atoms with Crippen molar-refractivity contribution < 1.29 is 4.79 Å². The molecular weight excluding hydrogens is 436 g/mol. The highest BCUT2D eigenvalue weighted by atomic mass is 35.5. The quantitative estimate of drug-likeness (QED) is 0.475. The lowest BCUT2D eigenvalue weighted by atomic mass is 9.76. The molecule has 0 radical (unpaired) electrons. The van der Waals surface area contributed by atoms with Crippen molar-refractivity contribution in [1.29, 1.82) is 0 Å². The number of fused-ring (bicyclic) bond motifs is 1. The van der Waals surface area contributed by atoms with Gasteiger partial charge in [0.1, 0.15) is 11.2 Å². The molecule has 33 heavy (non-hydrogen) atoms. The molecule has 1 atom stereocenters. The number of hydrogen-bond acceptors (Lipinski definition) is 6. The topological polar surface area (TPSA) is 91.0 Å². The van der Waals surface area contributed by atoms with Crippen molar-refractivity contribution >= 4 is 29.0 Å². The summed E-state index contributed by atoms with van der Waals surface area (Å²) in [5, 5.41) is 12.8. The summed E-state index contributed by atoms with van der Waals surface area (Å²) in [6.07, 6.45) is 8.77. The minimum atomic E-state index is -0.978. The van der Waals surface area contributed by atoms with Crippen molar-refractivity contribution in [3.05, 3.63) is 108 Å². The Labute approximate surface area is 196 Å². The zero-order chi connectivity index (χ0) is 22.8. The predicted molar refractivity (Wildman–Crippen MR) is 130 cm³/mol. The maximum Gasteiger partial charge on any atom is 0.240 e. The van der Waals surface area contributed by atoms with Gasteiger partial charge in [0.05, 0.1) is 11.4 Å². The number of carbonyl (C=O) groups excluding carboxylic acids is 1. The van der Waals surface area contributed by atoms with E-state index in [-0.39, 0.29) is 5.91 Å². The number of benzene rings is 2. The first-order chi connectivity index (χ1) is 16.1. The van der Waals surface area contributed by atoms with Gasteiger partial charge in [0.2, 0.25) is 5.91 Å². The molecule has 7 nitrogen and oxygen atoms in total. The number of hydrogen-bond donors (Lipinski definition) is 4. The molecule has 2 aliphatic heterocycles. The maximum atomic E-state index is 13.4. The monoisotopic (exact) mass is 456 g/mol. The summed E-state index contributed by atoms with van der Waals surface area (Å²) in [6, 6.07) is 17.1. The van der Waals surface area contributed by atoms with Gasteiger partial charge in [0.25, 0.3) is 0 Å². The van der Waals surface area contributed by atoms with Gasteiger partial charge in [-0.1, -0.05) is 54.1 Å². The van der Waals surface area contributed by atoms with Gasteiger partial charge in [-0.15, -0.1) is 0 Å². The van der Waals surface area contributed by atoms with E-state index in [1.807, 2.05) is 49.4 Å². The summed E-state index contributed by atoms with van der Waals surface area (Å²) in [7, 11) is 0. The van der Waals surface area contributed by atoms with E-state index in [1.54, 1.807) is 43.1 Å². The SMILES string of the molecule is CC1(c2ccc(Cl)cc2)C(=O)Nc2nc(C3=CNC=CNC=CN3)nc(-c3ccccc3)c21. The van der Waals surface area contributed by atoms with Gasteiger partial charge in [0, 0.05) is 47.1 Å². The molecule has 0 saturated heterocycles. The van der Waals surface area contributed by atoms with Gasteiger partial charge < -0.3 is 21.3 Å². The van der Waals surface area contributed by atoms with Crippen molar-refractivity contribution in [2.75, 3.05) is 5.32 Å². The fourth-order valence-electron chi connectivity index (χ4n) is 3.99. The van der Waals surface area contributed by atoms with Crippen LogP contribution in [0, 0.1) is 0 Å². The Balaban J connectivity index is 1.73. The molecule has 0 aliphatic carbocycles. The van der Waals surface area contributed by atoms with Gasteiger partial charge in [-0.3, -0.25) is 4.79 Å². The highest BCUT2D eigenvalue weighted by Crippen LogP contribution is 2.46. The van der Waals surface area contributed by atoms with Gasteiger partial charge >= 0.3 is 0 Å². The highest BCUT2D eigenvalue weighted by molar-refractivity contribution is 6.30. The number of nitrogens with zero attached hydrogens (tertiary/aromatic N) is 2. The molecule has 8 heteroatoms. The van der Waals surface area contributed by atoms with E-state index in [0.717, 1.165) is 16.7 Å². The van der Waals surface area contributed by atoms with E-state index in [9.17, 15) is 4.79 Å². The fraction of sp³-hybridized carbons (Fsp3) is 0.0800. The third-order valence-corrected chi connectivity index (χ3v) is 5.98. The van der Waals surface area contributed by atoms with Gasteiger partial charge in [-0.05, 0) is 24.6 Å². The lowest BCUT2D eigenvalue weighted by Gasteiger charge is -2.25. The molecule has 4 N–H and O–H groups in total. The van der Waals surface area contributed by atoms with Crippen molar-refractivity contribution in [1.82, 2.24) is 25.9 Å². The largest absolute Gasteiger partial charge is 0.365 e. The van der Waals surface area contributed by atoms with Gasteiger partial charge in [-0.25, -0.2) is 9.97 Å². The van der Waals surface area contributed by atoms with Crippen molar-refractivity contribution in [3.63, 3.8) is 0 Å². The first kappa shape index (κ1) is 20.8. The fourth-order valence-corrected chi connectivity index (χ4v) is 4.11. The molecule has 3 aromatic rings. The van der Waals surface area contributed by atoms with Crippen LogP contribution in [0.1, 0.15) is 23.9 Å². The first-order valence-corrected chi connectivity index (χ1v) is 10.8. The normalized spacial score (nSPS) is 19.1. The molecule has 5 rings (SSSR count). The van der Waals surface area contributed by atoms with Crippen LogP contribution in [0.5, 0.6) is 0 Å². The third-order valence-electron chi connectivity index (χ3n) is 5.73. The second-order valence-corrected chi connectivity index (χ2v) is 8.21. The molecule has 0 bridgehead atoms. The minimum absolute atomic E-state index is 0.162. The summed E-state index contributed by atoms with van der Waals surface area (Å²) in [6.45, 7) is 1.89. The van der Waals surface area contributed by atoms with Crippen molar-refractivity contribution in [3.8, 4) is 11.3 Å². The van der Waals surface area contributed by atoms with Crippen LogP contribution in [-0.4, -0.2) is 15.9 Å². The van der Waals surface area contributed by atoms with E-state index >= 15 is 0 Å². The Kier molecular flexibility index (Phi) is 5.32. The van der Waals surface area contributed by atoms with Crippen LogP contribution in [0.4, 0.5) is 5.82 Å². The molecule has 1 unspecified atom stereocenters. The van der Waals surface area contributed by atoms with Crippen LogP contribution in [0.2, 0.25) is 5.02 Å². The number of amides is 1. The molecule has 1 amide bonds. The molecular formula is C25H21ClN6O. The molecule has 1 aromatic heterocycles. The van der Waals surface area contributed by atoms with Crippen LogP contribution in [0.3, 0.4) is 0 Å². The second-order valence-electron chi connectivity index (χ2n) is 7.77. The maximum absolute atomic E-state index is 13.4. The number of rotatable bonds is 3. The zero-order valence-corrected chi connectivity index (χ0v) is 18.5. The Hall–Kier alpha value is -4.10. The average Bonchev–Trinajstić information content (AvgIpc) is 3.18. The molecule has 0 spiro atoms. The third kappa shape index (κ3) is 3.72. The Bertz CT molecular complexity index is 1300. The van der Waals surface area contributed by atoms with Crippen LogP contribution in [0.15, 0.2) is 85.6 Å². The van der Waals surface area contributed by atoms with Crippen LogP contribution in [-0.2, 0) is 10.2 Å². The van der Waals surface area contributed by atoms with E-state index in [4.69, 9.17) is 21.6 Å². The summed E-state index contributed by atoms with van der Waals surface area (Å²) >= 11 is 6.11. The Morgan fingerprint density at radius 1 is 0.879 bits per heavy atom. The van der Waals surface area contributed by atoms with Gasteiger partial charge in [-0.2, -0.15) is 0 Å². The lowest BCUT2D eigenvalue weighted by Crippen LogP contribution is -2.32. The molecule has 3 heterocycles. The smallest absolute Gasteiger partial charge is 0.240 e. The zero-order valence-electron chi connectivity index (χ0n) is 17.8. The van der Waals surface area contributed by atoms with E-state index < -0.39 is 5.41 Å². The summed E-state index contributed by atoms with van der Waals surface area (Å²) < 4.78 is 0. The molecule has 0 fully saturated rings. The van der Waals surface area contributed by atoms with Crippen LogP contribution in [0.25, 0.3) is 17.0 Å². The van der Waals surface area contributed by atoms with Crippen LogP contribution >= 0.6 is 11.6 Å². The number of nitrogens with one attached hydrogen (secondary N) is 4. The Morgan fingerprint density at radius 2 is 1.61 bits per heavy atom.